The second kappa shape index (κ2) is 3.38. The molecule has 3 aromatic rings. The molecule has 0 amide bonds. The molecule has 0 spiro atoms. The topological polar surface area (TPSA) is 56.5 Å². The highest BCUT2D eigenvalue weighted by Gasteiger charge is 2.12. The largest absolute Gasteiger partial charge is 0.461 e. The number of pyridine rings is 1. The Kier molecular flexibility index (Phi) is 2.00. The van der Waals surface area contributed by atoms with Gasteiger partial charge in [-0.25, -0.2) is 4.98 Å². The maximum atomic E-state index is 5.76. The van der Waals surface area contributed by atoms with E-state index in [2.05, 4.69) is 20.9 Å². The predicted octanol–water partition coefficient (Wildman–Crippen LogP) is 2.94. The van der Waals surface area contributed by atoms with Crippen LogP contribution in [0.1, 0.15) is 0 Å². The van der Waals surface area contributed by atoms with E-state index in [1.54, 1.807) is 6.26 Å². The Bertz CT molecular complexity index is 643. The van der Waals surface area contributed by atoms with E-state index in [4.69, 9.17) is 10.2 Å². The molecule has 0 aliphatic carbocycles. The zero-order chi connectivity index (χ0) is 11.1. The fourth-order valence-electron chi connectivity index (χ4n) is 1.64. The Labute approximate surface area is 99.8 Å². The lowest BCUT2D eigenvalue weighted by Crippen LogP contribution is -1.91. The van der Waals surface area contributed by atoms with Crippen molar-refractivity contribution in [3.8, 4) is 11.6 Å². The summed E-state index contributed by atoms with van der Waals surface area (Å²) in [7, 11) is 0. The zero-order valence-electron chi connectivity index (χ0n) is 8.22. The van der Waals surface area contributed by atoms with Crippen LogP contribution in [0.15, 0.2) is 45.7 Å². The van der Waals surface area contributed by atoms with E-state index >= 15 is 0 Å². The highest BCUT2D eigenvalue weighted by molar-refractivity contribution is 9.10. The molecule has 5 heteroatoms. The standard InChI is InChI=1S/C11H8BrN3O/c12-10-8-4-3-7(13)6-15(8)11(14-10)9-2-1-5-16-9/h1-6H,13H2. The minimum atomic E-state index is 0.685. The van der Waals surface area contributed by atoms with Crippen molar-refractivity contribution >= 4 is 27.1 Å². The van der Waals surface area contributed by atoms with Crippen LogP contribution in [0.3, 0.4) is 0 Å². The number of hydrogen-bond acceptors (Lipinski definition) is 3. The van der Waals surface area contributed by atoms with Crippen LogP contribution in [-0.2, 0) is 0 Å². The van der Waals surface area contributed by atoms with Crippen LogP contribution in [0.4, 0.5) is 5.69 Å². The first kappa shape index (κ1) is 9.47. The van der Waals surface area contributed by atoms with Crippen molar-refractivity contribution in [3.63, 3.8) is 0 Å². The molecule has 0 saturated heterocycles. The van der Waals surface area contributed by atoms with E-state index < -0.39 is 0 Å². The Morgan fingerprint density at radius 3 is 2.94 bits per heavy atom. The van der Waals surface area contributed by atoms with Crippen LogP contribution < -0.4 is 5.73 Å². The molecule has 0 radical (unpaired) electrons. The van der Waals surface area contributed by atoms with Gasteiger partial charge in [0.1, 0.15) is 4.60 Å². The average Bonchev–Trinajstić information content (AvgIpc) is 2.86. The van der Waals surface area contributed by atoms with Gasteiger partial charge in [-0.1, -0.05) is 0 Å². The molecule has 3 aromatic heterocycles. The van der Waals surface area contributed by atoms with E-state index in [0.717, 1.165) is 15.9 Å². The van der Waals surface area contributed by atoms with Gasteiger partial charge in [-0.05, 0) is 40.2 Å². The number of fused-ring (bicyclic) bond motifs is 1. The van der Waals surface area contributed by atoms with Crippen LogP contribution in [0, 0.1) is 0 Å². The van der Waals surface area contributed by atoms with E-state index in [1.807, 2.05) is 34.9 Å². The first-order valence-corrected chi connectivity index (χ1v) is 5.52. The fraction of sp³-hybridized carbons (Fsp3) is 0. The first-order chi connectivity index (χ1) is 7.75. The molecule has 0 unspecified atom stereocenters. The Balaban J connectivity index is 2.37. The van der Waals surface area contributed by atoms with Crippen molar-refractivity contribution in [1.82, 2.24) is 9.38 Å². The Morgan fingerprint density at radius 2 is 2.19 bits per heavy atom. The summed E-state index contributed by atoms with van der Waals surface area (Å²) < 4.78 is 8.01. The normalized spacial score (nSPS) is 11.1. The minimum absolute atomic E-state index is 0.685. The predicted molar refractivity (Wildman–Crippen MR) is 65.0 cm³/mol. The summed E-state index contributed by atoms with van der Waals surface area (Å²) in [4.78, 5) is 4.40. The summed E-state index contributed by atoms with van der Waals surface area (Å²) in [6.07, 6.45) is 3.45. The molecule has 0 aromatic carbocycles. The molecule has 4 nitrogen and oxygen atoms in total. The van der Waals surface area contributed by atoms with Gasteiger partial charge in [-0.2, -0.15) is 0 Å². The van der Waals surface area contributed by atoms with Gasteiger partial charge in [0.25, 0.3) is 0 Å². The molecule has 3 rings (SSSR count). The van der Waals surface area contributed by atoms with Gasteiger partial charge in [0.15, 0.2) is 11.6 Å². The van der Waals surface area contributed by atoms with Crippen LogP contribution in [-0.4, -0.2) is 9.38 Å². The number of nitrogens with two attached hydrogens (primary N) is 1. The summed E-state index contributed by atoms with van der Waals surface area (Å²) >= 11 is 3.41. The Morgan fingerprint density at radius 1 is 1.31 bits per heavy atom. The molecule has 0 bridgehead atoms. The summed E-state index contributed by atoms with van der Waals surface area (Å²) in [5, 5.41) is 0. The fourth-order valence-corrected chi connectivity index (χ4v) is 2.14. The van der Waals surface area contributed by atoms with E-state index in [1.165, 1.54) is 0 Å². The number of furan rings is 1. The smallest absolute Gasteiger partial charge is 0.182 e. The number of rotatable bonds is 1. The van der Waals surface area contributed by atoms with Gasteiger partial charge in [0.05, 0.1) is 11.8 Å². The van der Waals surface area contributed by atoms with Gasteiger partial charge in [0.2, 0.25) is 0 Å². The molecular weight excluding hydrogens is 270 g/mol. The zero-order valence-corrected chi connectivity index (χ0v) is 9.81. The van der Waals surface area contributed by atoms with Crippen molar-refractivity contribution in [3.05, 3.63) is 41.3 Å². The van der Waals surface area contributed by atoms with Crippen LogP contribution in [0.2, 0.25) is 0 Å². The third kappa shape index (κ3) is 1.32. The maximum absolute atomic E-state index is 5.76. The van der Waals surface area contributed by atoms with Gasteiger partial charge < -0.3 is 10.2 Å². The highest BCUT2D eigenvalue weighted by Crippen LogP contribution is 2.27. The second-order valence-electron chi connectivity index (χ2n) is 3.42. The molecule has 16 heavy (non-hydrogen) atoms. The molecule has 80 valence electrons. The summed E-state index contributed by atoms with van der Waals surface area (Å²) in [5.74, 6) is 1.45. The van der Waals surface area contributed by atoms with Crippen molar-refractivity contribution < 1.29 is 4.42 Å². The number of nitrogens with zero attached hydrogens (tertiary/aromatic N) is 2. The number of imidazole rings is 1. The number of nitrogen functional groups attached to an aromatic ring is 1. The average molecular weight is 278 g/mol. The van der Waals surface area contributed by atoms with E-state index in [0.29, 0.717) is 11.4 Å². The van der Waals surface area contributed by atoms with E-state index in [9.17, 15) is 0 Å². The molecule has 2 N–H and O–H groups in total. The third-order valence-corrected chi connectivity index (χ3v) is 2.94. The van der Waals surface area contributed by atoms with Crippen LogP contribution >= 0.6 is 15.9 Å². The SMILES string of the molecule is Nc1ccc2c(Br)nc(-c3ccco3)n2c1. The van der Waals surface area contributed by atoms with Crippen LogP contribution in [0.25, 0.3) is 17.1 Å². The number of hydrogen-bond donors (Lipinski definition) is 1. The second-order valence-corrected chi connectivity index (χ2v) is 4.17. The van der Waals surface area contributed by atoms with Gasteiger partial charge in [-0.15, -0.1) is 0 Å². The van der Waals surface area contributed by atoms with Gasteiger partial charge in [-0.3, -0.25) is 4.40 Å². The van der Waals surface area contributed by atoms with E-state index in [-0.39, 0.29) is 0 Å². The maximum Gasteiger partial charge on any atom is 0.182 e. The van der Waals surface area contributed by atoms with Gasteiger partial charge >= 0.3 is 0 Å². The lowest BCUT2D eigenvalue weighted by molar-refractivity contribution is 0.577. The number of aromatic nitrogens is 2. The molecule has 0 aliphatic heterocycles. The van der Waals surface area contributed by atoms with Crippen molar-refractivity contribution in [2.45, 2.75) is 0 Å². The number of anilines is 1. The van der Waals surface area contributed by atoms with Crippen molar-refractivity contribution in [2.24, 2.45) is 0 Å². The van der Waals surface area contributed by atoms with Crippen molar-refractivity contribution in [2.75, 3.05) is 5.73 Å². The summed E-state index contributed by atoms with van der Waals surface area (Å²) in [6, 6.07) is 7.45. The highest BCUT2D eigenvalue weighted by atomic mass is 79.9. The lowest BCUT2D eigenvalue weighted by atomic mass is 10.3. The summed E-state index contributed by atoms with van der Waals surface area (Å²) in [5.41, 5.74) is 7.41. The number of halogens is 1. The Hall–Kier alpha value is -1.75. The third-order valence-electron chi connectivity index (χ3n) is 2.36. The first-order valence-electron chi connectivity index (χ1n) is 4.72. The van der Waals surface area contributed by atoms with Crippen molar-refractivity contribution in [1.29, 1.82) is 0 Å². The lowest BCUT2D eigenvalue weighted by Gasteiger charge is -1.99. The minimum Gasteiger partial charge on any atom is -0.461 e. The molecule has 0 aliphatic rings. The summed E-state index contributed by atoms with van der Waals surface area (Å²) in [6.45, 7) is 0. The molecule has 0 saturated carbocycles. The van der Waals surface area contributed by atoms with Gasteiger partial charge in [0, 0.05) is 11.9 Å². The molecule has 0 atom stereocenters. The molecular formula is C11H8BrN3O. The van der Waals surface area contributed by atoms with Crippen LogP contribution in [0.5, 0.6) is 0 Å². The quantitative estimate of drug-likeness (QED) is 0.744. The monoisotopic (exact) mass is 277 g/mol. The molecule has 0 fully saturated rings. The molecule has 3 heterocycles.